The Morgan fingerprint density at radius 3 is 1.37 bits per heavy atom. The number of fused-ring (bicyclic) bond motifs is 1. The molecule has 0 spiro atoms. The second kappa shape index (κ2) is 9.25. The van der Waals surface area contributed by atoms with Crippen molar-refractivity contribution in [2.24, 2.45) is 0 Å². The van der Waals surface area contributed by atoms with Crippen molar-refractivity contribution in [1.29, 1.82) is 0 Å². The summed E-state index contributed by atoms with van der Waals surface area (Å²) in [7, 11) is -3.88. The van der Waals surface area contributed by atoms with Crippen LogP contribution in [0.4, 0.5) is 0 Å². The molecule has 0 atom stereocenters. The topological polar surface area (TPSA) is 83.0 Å². The van der Waals surface area contributed by atoms with Crippen molar-refractivity contribution in [3.05, 3.63) is 72.8 Å². The summed E-state index contributed by atoms with van der Waals surface area (Å²) in [5.41, 5.74) is 0. The zero-order valence-electron chi connectivity index (χ0n) is 14.9. The fraction of sp³-hybridized carbons (Fsp3) is 0. The Kier molecular flexibility index (Phi) is 7.53. The van der Waals surface area contributed by atoms with Crippen LogP contribution in [0.2, 0.25) is 0 Å². The Morgan fingerprint density at radius 2 is 0.963 bits per heavy atom. The molecule has 0 aliphatic carbocycles. The summed E-state index contributed by atoms with van der Waals surface area (Å²) >= 11 is 0. The average Bonchev–Trinajstić information content (AvgIpc) is 2.97. The van der Waals surface area contributed by atoms with Crippen LogP contribution in [0.5, 0.6) is 34.5 Å². The van der Waals surface area contributed by atoms with Crippen molar-refractivity contribution < 1.29 is 87.0 Å². The predicted molar refractivity (Wildman–Crippen MR) is 86.5 cm³/mol. The Balaban J connectivity index is 0.00000131. The molecule has 1 aliphatic heterocycles. The largest absolute Gasteiger partial charge is 1.00 e. The SMILES string of the molecule is [Na+].[Na+].[O-]c1ccccc1O[Si]1(Oc2ccccc2[O-])Oc2ccccc2O1. The molecule has 4 rings (SSSR count). The van der Waals surface area contributed by atoms with Crippen molar-refractivity contribution in [2.75, 3.05) is 0 Å². The van der Waals surface area contributed by atoms with Crippen LogP contribution >= 0.6 is 0 Å². The maximum absolute atomic E-state index is 12.0. The predicted octanol–water partition coefficient (Wildman–Crippen LogP) is -3.79. The molecule has 0 aromatic heterocycles. The Morgan fingerprint density at radius 1 is 0.593 bits per heavy atom. The molecule has 6 nitrogen and oxygen atoms in total. The van der Waals surface area contributed by atoms with E-state index in [0.29, 0.717) is 11.5 Å². The molecule has 0 fully saturated rings. The van der Waals surface area contributed by atoms with E-state index in [1.165, 1.54) is 24.3 Å². The molecule has 0 bridgehead atoms. The van der Waals surface area contributed by atoms with Crippen LogP contribution in [0.15, 0.2) is 72.8 Å². The van der Waals surface area contributed by atoms with Gasteiger partial charge in [-0.1, -0.05) is 60.0 Å². The summed E-state index contributed by atoms with van der Waals surface area (Å²) in [6, 6.07) is 19.2. The van der Waals surface area contributed by atoms with Crippen molar-refractivity contribution in [3.8, 4) is 34.5 Å². The summed E-state index contributed by atoms with van der Waals surface area (Å²) in [5.74, 6) is 0.255. The molecule has 3 aromatic carbocycles. The monoisotopic (exact) mass is 398 g/mol. The Bertz CT molecular complexity index is 849. The zero-order valence-corrected chi connectivity index (χ0v) is 19.9. The molecule has 0 unspecified atom stereocenters. The molecular formula is C18H12Na2O6Si. The third kappa shape index (κ3) is 4.75. The maximum atomic E-state index is 12.0. The molecule has 0 saturated heterocycles. The van der Waals surface area contributed by atoms with Crippen molar-refractivity contribution in [3.63, 3.8) is 0 Å². The van der Waals surface area contributed by atoms with Gasteiger partial charge in [0, 0.05) is 0 Å². The Labute approximate surface area is 201 Å². The van der Waals surface area contributed by atoms with E-state index >= 15 is 0 Å². The summed E-state index contributed by atoms with van der Waals surface area (Å²) in [6.07, 6.45) is 0. The van der Waals surface area contributed by atoms with Gasteiger partial charge in [0.1, 0.15) is 11.5 Å². The second-order valence-electron chi connectivity index (χ2n) is 5.25. The van der Waals surface area contributed by atoms with E-state index < -0.39 is 9.05 Å². The number of benzene rings is 3. The smallest absolute Gasteiger partial charge is 0.870 e. The summed E-state index contributed by atoms with van der Waals surface area (Å²) < 4.78 is 23.1. The van der Waals surface area contributed by atoms with Gasteiger partial charge in [-0.25, -0.2) is 0 Å². The second-order valence-corrected chi connectivity index (χ2v) is 7.06. The van der Waals surface area contributed by atoms with Crippen LogP contribution in [0.25, 0.3) is 0 Å². The van der Waals surface area contributed by atoms with Crippen LogP contribution in [0.3, 0.4) is 0 Å². The summed E-state index contributed by atoms with van der Waals surface area (Å²) in [4.78, 5) is 0. The minimum Gasteiger partial charge on any atom is -0.870 e. The van der Waals surface area contributed by atoms with E-state index in [-0.39, 0.29) is 82.1 Å². The van der Waals surface area contributed by atoms with Gasteiger partial charge in [0.05, 0.1) is 0 Å². The molecular weight excluding hydrogens is 386 g/mol. The number of rotatable bonds is 4. The minimum atomic E-state index is -3.88. The van der Waals surface area contributed by atoms with Crippen LogP contribution < -0.4 is 87.0 Å². The van der Waals surface area contributed by atoms with E-state index in [0.717, 1.165) is 0 Å². The maximum Gasteiger partial charge on any atom is 1.00 e. The molecule has 0 N–H and O–H groups in total. The van der Waals surface area contributed by atoms with Crippen LogP contribution in [-0.2, 0) is 0 Å². The van der Waals surface area contributed by atoms with Gasteiger partial charge in [0.2, 0.25) is 0 Å². The third-order valence-corrected chi connectivity index (χ3v) is 5.37. The van der Waals surface area contributed by atoms with Gasteiger partial charge in [0.15, 0.2) is 11.5 Å². The number of hydrogen-bond donors (Lipinski definition) is 0. The molecule has 9 heteroatoms. The molecule has 1 aliphatic rings. The zero-order chi connectivity index (χ0) is 17.3. The third-order valence-electron chi connectivity index (χ3n) is 3.49. The molecule has 27 heavy (non-hydrogen) atoms. The normalized spacial score (nSPS) is 13.0. The van der Waals surface area contributed by atoms with Crippen molar-refractivity contribution in [2.45, 2.75) is 0 Å². The van der Waals surface area contributed by atoms with E-state index in [2.05, 4.69) is 0 Å². The Hall–Kier alpha value is -1.32. The summed E-state index contributed by atoms with van der Waals surface area (Å²) in [5, 5.41) is 24.0. The standard InChI is InChI=1S/C18H14O6Si.2Na/c19-13-7-1-3-9-15(13)21-25(22-16-10-4-2-8-14(16)20)23-17-11-5-6-12-18(17)24-25;;/h1-12,19-20H;;/q;2*+1/p-2. The fourth-order valence-corrected chi connectivity index (χ4v) is 4.35. The van der Waals surface area contributed by atoms with Gasteiger partial charge in [-0.3, -0.25) is 0 Å². The van der Waals surface area contributed by atoms with Gasteiger partial charge in [-0.2, -0.15) is 0 Å². The number of para-hydroxylation sites is 6. The molecule has 0 amide bonds. The van der Waals surface area contributed by atoms with Crippen LogP contribution in [0.1, 0.15) is 0 Å². The van der Waals surface area contributed by atoms with Crippen molar-refractivity contribution in [1.82, 2.24) is 0 Å². The van der Waals surface area contributed by atoms with Gasteiger partial charge in [-0.15, -0.1) is 0 Å². The van der Waals surface area contributed by atoms with Crippen LogP contribution in [-0.4, -0.2) is 9.05 Å². The first kappa shape index (κ1) is 22.0. The van der Waals surface area contributed by atoms with Crippen LogP contribution in [0, 0.1) is 0 Å². The van der Waals surface area contributed by atoms with E-state index in [1.807, 2.05) is 0 Å². The molecule has 3 aromatic rings. The molecule has 0 radical (unpaired) electrons. The molecule has 126 valence electrons. The van der Waals surface area contributed by atoms with Crippen molar-refractivity contribution >= 4 is 9.05 Å². The average molecular weight is 398 g/mol. The van der Waals surface area contributed by atoms with E-state index in [1.54, 1.807) is 48.5 Å². The first-order valence-electron chi connectivity index (χ1n) is 7.52. The molecule has 1 heterocycles. The first-order chi connectivity index (χ1) is 12.2. The van der Waals surface area contributed by atoms with E-state index in [4.69, 9.17) is 17.7 Å². The fourth-order valence-electron chi connectivity index (χ4n) is 2.35. The van der Waals surface area contributed by atoms with Gasteiger partial charge < -0.3 is 27.9 Å². The number of hydrogen-bond acceptors (Lipinski definition) is 6. The first-order valence-corrected chi connectivity index (χ1v) is 9.16. The van der Waals surface area contributed by atoms with Gasteiger partial charge >= 0.3 is 68.2 Å². The quantitative estimate of drug-likeness (QED) is 0.420. The summed E-state index contributed by atoms with van der Waals surface area (Å²) in [6.45, 7) is 0. The van der Waals surface area contributed by atoms with Gasteiger partial charge in [-0.05, 0) is 24.3 Å². The van der Waals surface area contributed by atoms with Gasteiger partial charge in [0.25, 0.3) is 0 Å². The van der Waals surface area contributed by atoms with E-state index in [9.17, 15) is 10.2 Å². The molecule has 0 saturated carbocycles. The minimum absolute atomic E-state index is 0.